The summed E-state index contributed by atoms with van der Waals surface area (Å²) in [5.41, 5.74) is 0. The number of carboxylic acids is 1. The summed E-state index contributed by atoms with van der Waals surface area (Å²) in [5, 5.41) is 17.9. The third-order valence-corrected chi connectivity index (χ3v) is 4.65. The van der Waals surface area contributed by atoms with Crippen molar-refractivity contribution in [2.24, 2.45) is 5.92 Å². The predicted molar refractivity (Wildman–Crippen MR) is 104 cm³/mol. The quantitative estimate of drug-likeness (QED) is 0.258. The van der Waals surface area contributed by atoms with Gasteiger partial charge < -0.3 is 14.9 Å². The molecule has 26 heavy (non-hydrogen) atoms. The number of carbonyl (C=O) groups is 2. The number of unbranched alkanes of at least 4 members (excludes halogenated alkanes) is 9. The third-order valence-electron chi connectivity index (χ3n) is 4.65. The Morgan fingerprint density at radius 1 is 0.846 bits per heavy atom. The van der Waals surface area contributed by atoms with Gasteiger partial charge in [-0.15, -0.1) is 0 Å². The topological polar surface area (TPSA) is 83.8 Å². The van der Waals surface area contributed by atoms with Gasteiger partial charge in [-0.1, -0.05) is 71.1 Å². The highest BCUT2D eigenvalue weighted by Gasteiger charge is 2.19. The molecule has 2 N–H and O–H groups in total. The first-order chi connectivity index (χ1) is 12.5. The van der Waals surface area contributed by atoms with Crippen molar-refractivity contribution in [3.63, 3.8) is 0 Å². The molecular formula is C21H40O5. The van der Waals surface area contributed by atoms with Crippen molar-refractivity contribution in [2.75, 3.05) is 6.61 Å². The number of carboxylic acid groups (broad SMARTS) is 1. The van der Waals surface area contributed by atoms with Crippen LogP contribution in [0.5, 0.6) is 0 Å². The van der Waals surface area contributed by atoms with E-state index in [9.17, 15) is 14.7 Å². The molecule has 0 bridgehead atoms. The molecule has 0 saturated heterocycles. The van der Waals surface area contributed by atoms with Gasteiger partial charge in [0, 0.05) is 6.42 Å². The molecule has 0 spiro atoms. The van der Waals surface area contributed by atoms with E-state index in [-0.39, 0.29) is 24.9 Å². The van der Waals surface area contributed by atoms with Gasteiger partial charge >= 0.3 is 11.9 Å². The molecule has 2 atom stereocenters. The molecule has 0 aromatic carbocycles. The van der Waals surface area contributed by atoms with Gasteiger partial charge in [-0.2, -0.15) is 0 Å². The molecule has 0 aromatic rings. The monoisotopic (exact) mass is 372 g/mol. The van der Waals surface area contributed by atoms with Crippen LogP contribution in [0.4, 0.5) is 0 Å². The summed E-state index contributed by atoms with van der Waals surface area (Å²) in [7, 11) is 0. The standard InChI is InChI=1S/C21H40O5/c1-3-4-5-6-8-11-14-19(21(25)26-17-18(2)22)15-12-9-7-10-13-16-20(23)24/h18-19,22H,3-17H2,1-2H3,(H,23,24). The maximum absolute atomic E-state index is 12.3. The van der Waals surface area contributed by atoms with Gasteiger partial charge in [0.25, 0.3) is 0 Å². The molecule has 0 heterocycles. The Bertz CT molecular complexity index is 354. The van der Waals surface area contributed by atoms with Crippen molar-refractivity contribution < 1.29 is 24.5 Å². The Kier molecular flexibility index (Phi) is 16.6. The molecule has 0 aliphatic carbocycles. The van der Waals surface area contributed by atoms with E-state index in [1.165, 1.54) is 25.7 Å². The van der Waals surface area contributed by atoms with E-state index >= 15 is 0 Å². The van der Waals surface area contributed by atoms with Crippen molar-refractivity contribution >= 4 is 11.9 Å². The minimum atomic E-state index is -0.732. The number of esters is 1. The van der Waals surface area contributed by atoms with Crippen molar-refractivity contribution in [1.82, 2.24) is 0 Å². The number of hydrogen-bond donors (Lipinski definition) is 2. The molecule has 154 valence electrons. The van der Waals surface area contributed by atoms with E-state index in [2.05, 4.69) is 6.92 Å². The lowest BCUT2D eigenvalue weighted by atomic mass is 9.94. The predicted octanol–water partition coefficient (Wildman–Crippen LogP) is 5.09. The van der Waals surface area contributed by atoms with E-state index in [4.69, 9.17) is 9.84 Å². The summed E-state index contributed by atoms with van der Waals surface area (Å²) in [5.74, 6) is -0.978. The first-order valence-corrected chi connectivity index (χ1v) is 10.5. The van der Waals surface area contributed by atoms with E-state index in [0.29, 0.717) is 0 Å². The fraction of sp³-hybridized carbons (Fsp3) is 0.905. The zero-order valence-electron chi connectivity index (χ0n) is 16.9. The average molecular weight is 373 g/mol. The van der Waals surface area contributed by atoms with Crippen LogP contribution in [0.2, 0.25) is 0 Å². The molecule has 5 nitrogen and oxygen atoms in total. The maximum Gasteiger partial charge on any atom is 0.309 e. The lowest BCUT2D eigenvalue weighted by Crippen LogP contribution is -2.22. The van der Waals surface area contributed by atoms with E-state index in [1.54, 1.807) is 6.92 Å². The van der Waals surface area contributed by atoms with Gasteiger partial charge in [0.15, 0.2) is 0 Å². The van der Waals surface area contributed by atoms with Crippen LogP contribution in [0, 0.1) is 5.92 Å². The van der Waals surface area contributed by atoms with Gasteiger partial charge in [-0.25, -0.2) is 0 Å². The number of aliphatic hydroxyl groups is 1. The average Bonchev–Trinajstić information content (AvgIpc) is 2.59. The van der Waals surface area contributed by atoms with Gasteiger partial charge in [-0.05, 0) is 26.2 Å². The van der Waals surface area contributed by atoms with Gasteiger partial charge in [0.1, 0.15) is 6.61 Å². The van der Waals surface area contributed by atoms with Crippen molar-refractivity contribution in [2.45, 2.75) is 110 Å². The van der Waals surface area contributed by atoms with Gasteiger partial charge in [-0.3, -0.25) is 9.59 Å². The first-order valence-electron chi connectivity index (χ1n) is 10.5. The maximum atomic E-state index is 12.3. The summed E-state index contributed by atoms with van der Waals surface area (Å²) in [6, 6.07) is 0. The smallest absolute Gasteiger partial charge is 0.309 e. The molecule has 0 rings (SSSR count). The summed E-state index contributed by atoms with van der Waals surface area (Å²) >= 11 is 0. The summed E-state index contributed by atoms with van der Waals surface area (Å²) in [6.07, 6.45) is 13.2. The Morgan fingerprint density at radius 3 is 1.85 bits per heavy atom. The fourth-order valence-electron chi connectivity index (χ4n) is 3.07. The first kappa shape index (κ1) is 24.9. The van der Waals surface area contributed by atoms with Crippen molar-refractivity contribution in [1.29, 1.82) is 0 Å². The number of aliphatic carboxylic acids is 1. The van der Waals surface area contributed by atoms with Crippen LogP contribution in [0.25, 0.3) is 0 Å². The fourth-order valence-corrected chi connectivity index (χ4v) is 3.07. The minimum absolute atomic E-state index is 0.0704. The Balaban J connectivity index is 4.02. The van der Waals surface area contributed by atoms with Crippen LogP contribution in [0.1, 0.15) is 104 Å². The molecule has 0 amide bonds. The second-order valence-corrected chi connectivity index (χ2v) is 7.43. The molecule has 5 heteroatoms. The Labute approximate surface area is 159 Å². The highest BCUT2D eigenvalue weighted by Crippen LogP contribution is 2.21. The summed E-state index contributed by atoms with van der Waals surface area (Å²) in [6.45, 7) is 3.89. The number of carbonyl (C=O) groups excluding carboxylic acids is 1. The molecule has 2 unspecified atom stereocenters. The van der Waals surface area contributed by atoms with E-state index < -0.39 is 12.1 Å². The molecule has 0 aliphatic rings. The van der Waals surface area contributed by atoms with Crippen LogP contribution in [-0.4, -0.2) is 34.9 Å². The second-order valence-electron chi connectivity index (χ2n) is 7.43. The largest absolute Gasteiger partial charge is 0.481 e. The minimum Gasteiger partial charge on any atom is -0.481 e. The Morgan fingerprint density at radius 2 is 1.35 bits per heavy atom. The Hall–Kier alpha value is -1.10. The number of ether oxygens (including phenoxy) is 1. The highest BCUT2D eigenvalue weighted by molar-refractivity contribution is 5.72. The molecule has 0 saturated carbocycles. The normalized spacial score (nSPS) is 13.3. The molecule has 0 radical (unpaired) electrons. The number of aliphatic hydroxyl groups excluding tert-OH is 1. The van der Waals surface area contributed by atoms with Crippen LogP contribution in [-0.2, 0) is 14.3 Å². The second kappa shape index (κ2) is 17.3. The van der Waals surface area contributed by atoms with Crippen molar-refractivity contribution in [3.8, 4) is 0 Å². The van der Waals surface area contributed by atoms with Crippen LogP contribution >= 0.6 is 0 Å². The van der Waals surface area contributed by atoms with E-state index in [0.717, 1.165) is 57.8 Å². The third kappa shape index (κ3) is 16.4. The van der Waals surface area contributed by atoms with Crippen LogP contribution < -0.4 is 0 Å². The summed E-state index contributed by atoms with van der Waals surface area (Å²) in [4.78, 5) is 22.7. The van der Waals surface area contributed by atoms with Gasteiger partial charge in [0.05, 0.1) is 12.0 Å². The molecule has 0 aromatic heterocycles. The summed E-state index contributed by atoms with van der Waals surface area (Å²) < 4.78 is 5.23. The lowest BCUT2D eigenvalue weighted by Gasteiger charge is -2.17. The molecule has 0 aliphatic heterocycles. The molecular weight excluding hydrogens is 332 g/mol. The highest BCUT2D eigenvalue weighted by atomic mass is 16.5. The number of rotatable bonds is 18. The van der Waals surface area contributed by atoms with Crippen LogP contribution in [0.15, 0.2) is 0 Å². The van der Waals surface area contributed by atoms with E-state index in [1.807, 2.05) is 0 Å². The zero-order valence-corrected chi connectivity index (χ0v) is 16.9. The zero-order chi connectivity index (χ0) is 19.6. The SMILES string of the molecule is CCCCCCCCC(CCCCCCCC(=O)O)C(=O)OCC(C)O. The van der Waals surface area contributed by atoms with Crippen molar-refractivity contribution in [3.05, 3.63) is 0 Å². The lowest BCUT2D eigenvalue weighted by molar-refractivity contribution is -0.151. The number of hydrogen-bond acceptors (Lipinski definition) is 4. The molecule has 0 fully saturated rings. The van der Waals surface area contributed by atoms with Gasteiger partial charge in [0.2, 0.25) is 0 Å². The van der Waals surface area contributed by atoms with Crippen LogP contribution in [0.3, 0.4) is 0 Å².